The summed E-state index contributed by atoms with van der Waals surface area (Å²) in [5.74, 6) is 0. The summed E-state index contributed by atoms with van der Waals surface area (Å²) in [5.41, 5.74) is 0.884. The summed E-state index contributed by atoms with van der Waals surface area (Å²) in [4.78, 5) is 0. The van der Waals surface area contributed by atoms with Gasteiger partial charge in [0, 0.05) is 18.1 Å². The Morgan fingerprint density at radius 1 is 1.06 bits per heavy atom. The van der Waals surface area contributed by atoms with Crippen molar-refractivity contribution in [3.63, 3.8) is 0 Å². The predicted octanol–water partition coefficient (Wildman–Crippen LogP) is 2.69. The summed E-state index contributed by atoms with van der Waals surface area (Å²) in [6.45, 7) is 9.55. The van der Waals surface area contributed by atoms with Gasteiger partial charge in [-0.2, -0.15) is 0 Å². The van der Waals surface area contributed by atoms with Crippen molar-refractivity contribution in [3.05, 3.63) is 0 Å². The maximum absolute atomic E-state index is 3.82. The molecule has 2 rings (SSSR count). The lowest BCUT2D eigenvalue weighted by atomic mass is 9.77. The van der Waals surface area contributed by atoms with Crippen molar-refractivity contribution >= 4 is 0 Å². The maximum atomic E-state index is 3.82. The molecule has 2 fully saturated rings. The Morgan fingerprint density at radius 3 is 2.38 bits per heavy atom. The molecule has 1 saturated carbocycles. The van der Waals surface area contributed by atoms with Gasteiger partial charge in [0.05, 0.1) is 0 Å². The largest absolute Gasteiger partial charge is 0.312 e. The molecular weight excluding hydrogens is 196 g/mol. The first-order valence-electron chi connectivity index (χ1n) is 7.00. The van der Waals surface area contributed by atoms with E-state index in [0.717, 1.165) is 6.54 Å². The van der Waals surface area contributed by atoms with E-state index in [2.05, 4.69) is 31.4 Å². The van der Waals surface area contributed by atoms with Gasteiger partial charge in [-0.25, -0.2) is 0 Å². The lowest BCUT2D eigenvalue weighted by Crippen LogP contribution is -2.55. The zero-order chi connectivity index (χ0) is 11.6. The van der Waals surface area contributed by atoms with Crippen molar-refractivity contribution in [2.75, 3.05) is 13.1 Å². The Kier molecular flexibility index (Phi) is 3.60. The Morgan fingerprint density at radius 2 is 1.75 bits per heavy atom. The molecule has 0 spiro atoms. The van der Waals surface area contributed by atoms with Crippen molar-refractivity contribution in [1.29, 1.82) is 0 Å². The van der Waals surface area contributed by atoms with Crippen molar-refractivity contribution < 1.29 is 0 Å². The van der Waals surface area contributed by atoms with Crippen LogP contribution in [0.5, 0.6) is 0 Å². The van der Waals surface area contributed by atoms with Crippen molar-refractivity contribution in [3.8, 4) is 0 Å². The van der Waals surface area contributed by atoms with Gasteiger partial charge in [0.25, 0.3) is 0 Å². The van der Waals surface area contributed by atoms with Crippen LogP contribution in [0.1, 0.15) is 59.3 Å². The highest BCUT2D eigenvalue weighted by atomic mass is 15.0. The Balaban J connectivity index is 1.84. The molecule has 1 saturated heterocycles. The second-order valence-electron chi connectivity index (χ2n) is 6.75. The van der Waals surface area contributed by atoms with E-state index in [0.29, 0.717) is 17.0 Å². The highest BCUT2D eigenvalue weighted by Crippen LogP contribution is 2.32. The third-order valence-corrected chi connectivity index (χ3v) is 4.77. The van der Waals surface area contributed by atoms with Crippen LogP contribution in [-0.2, 0) is 0 Å². The van der Waals surface area contributed by atoms with E-state index >= 15 is 0 Å². The maximum Gasteiger partial charge on any atom is 0.0243 e. The quantitative estimate of drug-likeness (QED) is 0.770. The topological polar surface area (TPSA) is 24.1 Å². The molecule has 0 aromatic carbocycles. The summed E-state index contributed by atoms with van der Waals surface area (Å²) in [6.07, 6.45) is 8.24. The van der Waals surface area contributed by atoms with E-state index in [4.69, 9.17) is 0 Å². The Bertz CT molecular complexity index is 229. The van der Waals surface area contributed by atoms with Crippen LogP contribution in [0.4, 0.5) is 0 Å². The molecule has 1 heterocycles. The highest BCUT2D eigenvalue weighted by molar-refractivity contribution is 4.94. The van der Waals surface area contributed by atoms with E-state index in [1.807, 2.05) is 0 Å². The lowest BCUT2D eigenvalue weighted by molar-refractivity contribution is 0.164. The molecule has 0 aromatic heterocycles. The third-order valence-electron chi connectivity index (χ3n) is 4.77. The molecule has 0 bridgehead atoms. The normalized spacial score (nSPS) is 32.8. The van der Waals surface area contributed by atoms with Gasteiger partial charge in [0.1, 0.15) is 0 Å². The van der Waals surface area contributed by atoms with Gasteiger partial charge >= 0.3 is 0 Å². The van der Waals surface area contributed by atoms with Gasteiger partial charge in [-0.15, -0.1) is 0 Å². The molecule has 0 radical (unpaired) electrons. The molecule has 0 amide bonds. The third kappa shape index (κ3) is 2.78. The molecule has 0 aromatic rings. The fourth-order valence-corrected chi connectivity index (χ4v) is 3.30. The standard InChI is InChI=1S/C14H28N2/c1-13(2)7-6-10-15-12(13)11-16-14(3)8-4-5-9-14/h12,15-16H,4-11H2,1-3H3. The molecule has 16 heavy (non-hydrogen) atoms. The van der Waals surface area contributed by atoms with Gasteiger partial charge in [-0.05, 0) is 44.6 Å². The summed E-state index contributed by atoms with van der Waals surface area (Å²) in [7, 11) is 0. The van der Waals surface area contributed by atoms with E-state index in [9.17, 15) is 0 Å². The van der Waals surface area contributed by atoms with Gasteiger partial charge in [-0.3, -0.25) is 0 Å². The first-order valence-corrected chi connectivity index (χ1v) is 7.00. The second-order valence-corrected chi connectivity index (χ2v) is 6.75. The number of hydrogen-bond donors (Lipinski definition) is 2. The summed E-state index contributed by atoms with van der Waals surface area (Å²) >= 11 is 0. The predicted molar refractivity (Wildman–Crippen MR) is 69.7 cm³/mol. The Labute approximate surface area is 101 Å². The lowest BCUT2D eigenvalue weighted by Gasteiger charge is -2.41. The molecule has 1 aliphatic heterocycles. The average molecular weight is 224 g/mol. The average Bonchev–Trinajstić information content (AvgIpc) is 2.64. The van der Waals surface area contributed by atoms with Crippen molar-refractivity contribution in [2.45, 2.75) is 70.9 Å². The van der Waals surface area contributed by atoms with Crippen molar-refractivity contribution in [2.24, 2.45) is 5.41 Å². The number of rotatable bonds is 3. The van der Waals surface area contributed by atoms with Gasteiger partial charge in [0.15, 0.2) is 0 Å². The monoisotopic (exact) mass is 224 g/mol. The minimum atomic E-state index is 0.426. The molecule has 1 atom stereocenters. The van der Waals surface area contributed by atoms with E-state index < -0.39 is 0 Å². The van der Waals surface area contributed by atoms with Crippen LogP contribution in [0.3, 0.4) is 0 Å². The Hall–Kier alpha value is -0.0800. The molecule has 1 unspecified atom stereocenters. The molecule has 1 aliphatic carbocycles. The van der Waals surface area contributed by atoms with Crippen LogP contribution >= 0.6 is 0 Å². The first-order chi connectivity index (χ1) is 7.52. The minimum absolute atomic E-state index is 0.426. The summed E-state index contributed by atoms with van der Waals surface area (Å²) in [5, 5.41) is 7.51. The zero-order valence-corrected chi connectivity index (χ0v) is 11.2. The molecule has 2 nitrogen and oxygen atoms in total. The molecular formula is C14H28N2. The molecule has 2 aliphatic rings. The number of piperidine rings is 1. The van der Waals surface area contributed by atoms with Gasteiger partial charge in [-0.1, -0.05) is 26.7 Å². The molecule has 2 heteroatoms. The summed E-state index contributed by atoms with van der Waals surface area (Å²) in [6, 6.07) is 0.652. The van der Waals surface area contributed by atoms with E-state index in [-0.39, 0.29) is 0 Å². The van der Waals surface area contributed by atoms with Crippen LogP contribution in [0.15, 0.2) is 0 Å². The van der Waals surface area contributed by atoms with Crippen LogP contribution in [-0.4, -0.2) is 24.7 Å². The fourth-order valence-electron chi connectivity index (χ4n) is 3.30. The van der Waals surface area contributed by atoms with Gasteiger partial charge in [0.2, 0.25) is 0 Å². The molecule has 94 valence electrons. The fraction of sp³-hybridized carbons (Fsp3) is 1.00. The van der Waals surface area contributed by atoms with Crippen LogP contribution in [0, 0.1) is 5.41 Å². The number of hydrogen-bond acceptors (Lipinski definition) is 2. The number of nitrogens with one attached hydrogen (secondary N) is 2. The second kappa shape index (κ2) is 4.66. The first kappa shape index (κ1) is 12.4. The van der Waals surface area contributed by atoms with Crippen LogP contribution in [0.25, 0.3) is 0 Å². The smallest absolute Gasteiger partial charge is 0.0243 e. The minimum Gasteiger partial charge on any atom is -0.312 e. The highest BCUT2D eigenvalue weighted by Gasteiger charge is 2.34. The van der Waals surface area contributed by atoms with Gasteiger partial charge < -0.3 is 10.6 Å². The van der Waals surface area contributed by atoms with Crippen molar-refractivity contribution in [1.82, 2.24) is 10.6 Å². The summed E-state index contributed by atoms with van der Waals surface area (Å²) < 4.78 is 0. The zero-order valence-electron chi connectivity index (χ0n) is 11.2. The van der Waals surface area contributed by atoms with Crippen LogP contribution in [0.2, 0.25) is 0 Å². The SMILES string of the molecule is CC1(NCC2NCCCC2(C)C)CCCC1. The van der Waals surface area contributed by atoms with E-state index in [1.54, 1.807) is 0 Å². The van der Waals surface area contributed by atoms with E-state index in [1.165, 1.54) is 45.1 Å². The van der Waals surface area contributed by atoms with Crippen LogP contribution < -0.4 is 10.6 Å². The molecule has 2 N–H and O–H groups in total.